The predicted octanol–water partition coefficient (Wildman–Crippen LogP) is 3.86. The summed E-state index contributed by atoms with van der Waals surface area (Å²) < 4.78 is 3.48. The molecule has 3 aromatic rings. The summed E-state index contributed by atoms with van der Waals surface area (Å²) in [5, 5.41) is 5.25. The van der Waals surface area contributed by atoms with E-state index in [1.54, 1.807) is 20.5 Å². The van der Waals surface area contributed by atoms with Gasteiger partial charge in [-0.25, -0.2) is 4.79 Å². The normalized spacial score (nSPS) is 16.6. The maximum absolute atomic E-state index is 12.8. The van der Waals surface area contributed by atoms with Gasteiger partial charge in [-0.2, -0.15) is 0 Å². The quantitative estimate of drug-likeness (QED) is 0.579. The Morgan fingerprint density at radius 1 is 1.13 bits per heavy atom. The molecular formula is C24H32N4O2S. The second-order valence-electron chi connectivity index (χ2n) is 8.47. The van der Waals surface area contributed by atoms with Gasteiger partial charge in [0.05, 0.1) is 17.1 Å². The Kier molecular flexibility index (Phi) is 6.92. The average Bonchev–Trinajstić information content (AvgIpc) is 3.40. The highest BCUT2D eigenvalue weighted by atomic mass is 32.1. The molecule has 166 valence electrons. The molecule has 7 heteroatoms. The zero-order chi connectivity index (χ0) is 21.8. The number of aryl methyl sites for hydroxylation is 2. The Labute approximate surface area is 187 Å². The number of benzene rings is 1. The number of fused-ring (bicyclic) bond motifs is 1. The largest absolute Gasteiger partial charge is 0.354 e. The fourth-order valence-electron chi connectivity index (χ4n) is 4.54. The van der Waals surface area contributed by atoms with Crippen LogP contribution in [-0.2, 0) is 17.9 Å². The van der Waals surface area contributed by atoms with Crippen LogP contribution in [-0.4, -0.2) is 39.6 Å². The Morgan fingerprint density at radius 3 is 2.48 bits per heavy atom. The van der Waals surface area contributed by atoms with Crippen LogP contribution in [0.2, 0.25) is 0 Å². The molecular weight excluding hydrogens is 408 g/mol. The number of piperidine rings is 1. The first-order valence-corrected chi connectivity index (χ1v) is 12.2. The highest BCUT2D eigenvalue weighted by Gasteiger charge is 2.25. The molecule has 1 aliphatic rings. The van der Waals surface area contributed by atoms with Crippen molar-refractivity contribution in [3.8, 4) is 0 Å². The first kappa shape index (κ1) is 21.8. The third-order valence-corrected chi connectivity index (χ3v) is 7.40. The van der Waals surface area contributed by atoms with E-state index < -0.39 is 0 Å². The summed E-state index contributed by atoms with van der Waals surface area (Å²) in [7, 11) is 0. The van der Waals surface area contributed by atoms with E-state index in [1.807, 2.05) is 31.2 Å². The molecule has 1 N–H and O–H groups in total. The molecule has 1 fully saturated rings. The minimum atomic E-state index is -0.0459. The van der Waals surface area contributed by atoms with Crippen molar-refractivity contribution in [2.24, 2.45) is 5.92 Å². The van der Waals surface area contributed by atoms with Crippen molar-refractivity contribution in [1.29, 1.82) is 0 Å². The number of imidazole rings is 1. The van der Waals surface area contributed by atoms with Crippen LogP contribution in [0.3, 0.4) is 0 Å². The van der Waals surface area contributed by atoms with Gasteiger partial charge in [-0.15, -0.1) is 11.3 Å². The number of likely N-dealkylation sites (tertiary alicyclic amines) is 1. The number of hydrogen-bond donors (Lipinski definition) is 1. The summed E-state index contributed by atoms with van der Waals surface area (Å²) in [4.78, 5) is 29.3. The van der Waals surface area contributed by atoms with E-state index in [0.29, 0.717) is 26.1 Å². The standard InChI is InChI=1S/C24H32N4O2S/c1-3-27-19-7-4-5-8-20(19)28(24(27)30)15-12-23(29)25-17-21(22-9-6-16-31-22)26-13-10-18(2)11-14-26/h4-9,16,18,21H,3,10-15,17H2,1-2H3,(H,25,29). The fraction of sp³-hybridized carbons (Fsp3) is 0.500. The van der Waals surface area contributed by atoms with Gasteiger partial charge < -0.3 is 5.32 Å². The molecule has 1 aromatic carbocycles. The van der Waals surface area contributed by atoms with E-state index in [4.69, 9.17) is 0 Å². The van der Waals surface area contributed by atoms with Crippen molar-refractivity contribution >= 4 is 28.3 Å². The lowest BCUT2D eigenvalue weighted by molar-refractivity contribution is -0.121. The summed E-state index contributed by atoms with van der Waals surface area (Å²) >= 11 is 1.75. The summed E-state index contributed by atoms with van der Waals surface area (Å²) in [6, 6.07) is 12.3. The second kappa shape index (κ2) is 9.83. The van der Waals surface area contributed by atoms with Crippen LogP contribution in [0, 0.1) is 5.92 Å². The molecule has 0 bridgehead atoms. The number of carbonyl (C=O) groups is 1. The van der Waals surface area contributed by atoms with Crippen LogP contribution < -0.4 is 11.0 Å². The van der Waals surface area contributed by atoms with E-state index in [0.717, 1.165) is 30.0 Å². The molecule has 3 heterocycles. The van der Waals surface area contributed by atoms with Crippen LogP contribution >= 0.6 is 11.3 Å². The van der Waals surface area contributed by atoms with Gasteiger partial charge in [-0.3, -0.25) is 18.8 Å². The highest BCUT2D eigenvalue weighted by molar-refractivity contribution is 7.10. The van der Waals surface area contributed by atoms with E-state index in [-0.39, 0.29) is 17.6 Å². The molecule has 0 saturated carbocycles. The van der Waals surface area contributed by atoms with E-state index in [1.165, 1.54) is 17.7 Å². The molecule has 1 atom stereocenters. The predicted molar refractivity (Wildman–Crippen MR) is 127 cm³/mol. The molecule has 0 radical (unpaired) electrons. The van der Waals surface area contributed by atoms with Crippen LogP contribution in [0.15, 0.2) is 46.6 Å². The first-order valence-electron chi connectivity index (χ1n) is 11.3. The van der Waals surface area contributed by atoms with E-state index in [2.05, 4.69) is 34.7 Å². The van der Waals surface area contributed by atoms with Crippen LogP contribution in [0.4, 0.5) is 0 Å². The van der Waals surface area contributed by atoms with Crippen molar-refractivity contribution in [2.75, 3.05) is 19.6 Å². The Bertz CT molecular complexity index is 1060. The molecule has 1 aliphatic heterocycles. The molecule has 1 unspecified atom stereocenters. The van der Waals surface area contributed by atoms with Gasteiger partial charge >= 0.3 is 5.69 Å². The molecule has 0 aliphatic carbocycles. The van der Waals surface area contributed by atoms with Crippen molar-refractivity contribution in [1.82, 2.24) is 19.4 Å². The minimum absolute atomic E-state index is 0.00726. The van der Waals surface area contributed by atoms with Gasteiger partial charge in [0.1, 0.15) is 0 Å². The lowest BCUT2D eigenvalue weighted by Crippen LogP contribution is -2.41. The minimum Gasteiger partial charge on any atom is -0.354 e. The number of hydrogen-bond acceptors (Lipinski definition) is 4. The second-order valence-corrected chi connectivity index (χ2v) is 9.45. The van der Waals surface area contributed by atoms with Crippen molar-refractivity contribution in [2.45, 2.75) is 52.2 Å². The maximum Gasteiger partial charge on any atom is 0.329 e. The van der Waals surface area contributed by atoms with Crippen LogP contribution in [0.1, 0.15) is 44.0 Å². The van der Waals surface area contributed by atoms with E-state index in [9.17, 15) is 9.59 Å². The number of amides is 1. The van der Waals surface area contributed by atoms with Crippen LogP contribution in [0.25, 0.3) is 11.0 Å². The zero-order valence-electron chi connectivity index (χ0n) is 18.4. The number of thiophene rings is 1. The van der Waals surface area contributed by atoms with E-state index >= 15 is 0 Å². The Morgan fingerprint density at radius 2 is 1.84 bits per heavy atom. The first-order chi connectivity index (χ1) is 15.1. The molecule has 1 amide bonds. The van der Waals surface area contributed by atoms with Crippen molar-refractivity contribution in [3.05, 3.63) is 57.1 Å². The highest BCUT2D eigenvalue weighted by Crippen LogP contribution is 2.29. The smallest absolute Gasteiger partial charge is 0.329 e. The number of nitrogens with zero attached hydrogens (tertiary/aromatic N) is 3. The topological polar surface area (TPSA) is 59.3 Å². The van der Waals surface area contributed by atoms with Gasteiger partial charge in [-0.05, 0) is 62.4 Å². The third-order valence-electron chi connectivity index (χ3n) is 6.43. The Hall–Kier alpha value is -2.38. The van der Waals surface area contributed by atoms with Gasteiger partial charge in [0, 0.05) is 30.9 Å². The number of aromatic nitrogens is 2. The molecule has 2 aromatic heterocycles. The average molecular weight is 441 g/mol. The SMILES string of the molecule is CCn1c(=O)n(CCC(=O)NCC(c2cccs2)N2CCC(C)CC2)c2ccccc21. The Balaban J connectivity index is 1.40. The molecule has 31 heavy (non-hydrogen) atoms. The van der Waals surface area contributed by atoms with Gasteiger partial charge in [0.25, 0.3) is 0 Å². The number of carbonyl (C=O) groups excluding carboxylic acids is 1. The summed E-state index contributed by atoms with van der Waals surface area (Å²) in [6.45, 7) is 8.06. The number of para-hydroxylation sites is 2. The van der Waals surface area contributed by atoms with Gasteiger partial charge in [-0.1, -0.05) is 25.1 Å². The molecule has 1 saturated heterocycles. The molecule has 0 spiro atoms. The van der Waals surface area contributed by atoms with Crippen LogP contribution in [0.5, 0.6) is 0 Å². The molecule has 6 nitrogen and oxygen atoms in total. The number of nitrogens with one attached hydrogen (secondary N) is 1. The van der Waals surface area contributed by atoms with Crippen molar-refractivity contribution in [3.63, 3.8) is 0 Å². The number of rotatable bonds is 8. The summed E-state index contributed by atoms with van der Waals surface area (Å²) in [5.74, 6) is 0.769. The third kappa shape index (κ3) is 4.77. The lowest BCUT2D eigenvalue weighted by Gasteiger charge is -2.36. The lowest BCUT2D eigenvalue weighted by atomic mass is 9.97. The summed E-state index contributed by atoms with van der Waals surface area (Å²) in [6.07, 6.45) is 2.71. The summed E-state index contributed by atoms with van der Waals surface area (Å²) in [5.41, 5.74) is 1.77. The van der Waals surface area contributed by atoms with Crippen molar-refractivity contribution < 1.29 is 4.79 Å². The van der Waals surface area contributed by atoms with Gasteiger partial charge in [0.2, 0.25) is 5.91 Å². The van der Waals surface area contributed by atoms with Gasteiger partial charge in [0.15, 0.2) is 0 Å². The monoisotopic (exact) mass is 440 g/mol. The fourth-order valence-corrected chi connectivity index (χ4v) is 5.40. The zero-order valence-corrected chi connectivity index (χ0v) is 19.2. The maximum atomic E-state index is 12.8. The molecule has 4 rings (SSSR count).